The summed E-state index contributed by atoms with van der Waals surface area (Å²) in [6, 6.07) is 0. The molecule has 0 unspecified atom stereocenters. The van der Waals surface area contributed by atoms with Crippen LogP contribution in [0.4, 0.5) is 0 Å². The van der Waals surface area contributed by atoms with Crippen molar-refractivity contribution in [3.8, 4) is 0 Å². The summed E-state index contributed by atoms with van der Waals surface area (Å²) in [6.45, 7) is 6.92. The molecule has 0 aromatic rings. The fraction of sp³-hybridized carbons (Fsp3) is 0.700. The summed E-state index contributed by atoms with van der Waals surface area (Å²) in [6.07, 6.45) is 4.29. The molecule has 0 atom stereocenters. The molecule has 0 aliphatic carbocycles. The van der Waals surface area contributed by atoms with Crippen LogP contribution in [-0.4, -0.2) is 30.3 Å². The van der Waals surface area contributed by atoms with Gasteiger partial charge in [0.2, 0.25) is 0 Å². The Morgan fingerprint density at radius 2 is 2.42 bits per heavy atom. The van der Waals surface area contributed by atoms with Crippen LogP contribution >= 0.6 is 0 Å². The van der Waals surface area contributed by atoms with Crippen molar-refractivity contribution in [2.45, 2.75) is 26.7 Å². The predicted octanol–water partition coefficient (Wildman–Crippen LogP) is 1.62. The van der Waals surface area contributed by atoms with Crippen LogP contribution in [0.2, 0.25) is 0 Å². The average molecular weight is 167 g/mol. The van der Waals surface area contributed by atoms with Gasteiger partial charge in [0.25, 0.3) is 0 Å². The number of ketones is 1. The van der Waals surface area contributed by atoms with Gasteiger partial charge in [-0.25, -0.2) is 0 Å². The molecule has 0 aromatic carbocycles. The highest BCUT2D eigenvalue weighted by Gasteiger charge is 2.13. The lowest BCUT2D eigenvalue weighted by atomic mass is 10.1. The van der Waals surface area contributed by atoms with Gasteiger partial charge in [-0.2, -0.15) is 0 Å². The molecule has 2 heteroatoms. The third-order valence-electron chi connectivity index (χ3n) is 2.22. The second kappa shape index (κ2) is 4.41. The van der Waals surface area contributed by atoms with Crippen LogP contribution in [0.15, 0.2) is 11.6 Å². The van der Waals surface area contributed by atoms with E-state index in [9.17, 15) is 4.79 Å². The van der Waals surface area contributed by atoms with Crippen molar-refractivity contribution in [3.05, 3.63) is 11.6 Å². The molecule has 0 spiro atoms. The Kier molecular flexibility index (Phi) is 3.48. The van der Waals surface area contributed by atoms with Crippen molar-refractivity contribution in [2.24, 2.45) is 0 Å². The van der Waals surface area contributed by atoms with E-state index in [0.717, 1.165) is 31.6 Å². The molecule has 1 rings (SSSR count). The molecule has 12 heavy (non-hydrogen) atoms. The van der Waals surface area contributed by atoms with Crippen molar-refractivity contribution < 1.29 is 4.79 Å². The van der Waals surface area contributed by atoms with Crippen molar-refractivity contribution in [3.63, 3.8) is 0 Å². The molecule has 68 valence electrons. The molecule has 1 aliphatic heterocycles. The Balaban J connectivity index is 2.47. The SMILES string of the molecule is CCCN1CCC=C(C(C)=O)C1. The zero-order valence-electron chi connectivity index (χ0n) is 7.97. The van der Waals surface area contributed by atoms with E-state index >= 15 is 0 Å². The standard InChI is InChI=1S/C10H17NO/c1-3-6-11-7-4-5-10(8-11)9(2)12/h5H,3-4,6-8H2,1-2H3. The molecule has 0 aromatic heterocycles. The van der Waals surface area contributed by atoms with Gasteiger partial charge in [0.15, 0.2) is 5.78 Å². The Hall–Kier alpha value is -0.630. The van der Waals surface area contributed by atoms with Gasteiger partial charge in [0.1, 0.15) is 0 Å². The summed E-state index contributed by atoms with van der Waals surface area (Å²) in [7, 11) is 0. The predicted molar refractivity (Wildman–Crippen MR) is 50.1 cm³/mol. The lowest BCUT2D eigenvalue weighted by molar-refractivity contribution is -0.114. The van der Waals surface area contributed by atoms with Gasteiger partial charge >= 0.3 is 0 Å². The number of hydrogen-bond acceptors (Lipinski definition) is 2. The summed E-state index contributed by atoms with van der Waals surface area (Å²) in [5.74, 6) is 0.232. The Labute approximate surface area is 74.2 Å². The van der Waals surface area contributed by atoms with Crippen LogP contribution in [0.5, 0.6) is 0 Å². The van der Waals surface area contributed by atoms with Crippen molar-refractivity contribution >= 4 is 5.78 Å². The van der Waals surface area contributed by atoms with Gasteiger partial charge in [0.05, 0.1) is 0 Å². The smallest absolute Gasteiger partial charge is 0.156 e. The van der Waals surface area contributed by atoms with E-state index in [1.807, 2.05) is 0 Å². The minimum atomic E-state index is 0.232. The number of Topliss-reactive ketones (excluding diaryl/α,β-unsaturated/α-hetero) is 1. The van der Waals surface area contributed by atoms with E-state index in [1.54, 1.807) is 6.92 Å². The minimum absolute atomic E-state index is 0.232. The minimum Gasteiger partial charge on any atom is -0.299 e. The van der Waals surface area contributed by atoms with Crippen LogP contribution in [0.3, 0.4) is 0 Å². The highest BCUT2D eigenvalue weighted by Crippen LogP contribution is 2.10. The highest BCUT2D eigenvalue weighted by molar-refractivity contribution is 5.93. The number of hydrogen-bond donors (Lipinski definition) is 0. The second-order valence-electron chi connectivity index (χ2n) is 3.35. The first-order valence-corrected chi connectivity index (χ1v) is 4.66. The van der Waals surface area contributed by atoms with Crippen molar-refractivity contribution in [2.75, 3.05) is 19.6 Å². The van der Waals surface area contributed by atoms with Gasteiger partial charge < -0.3 is 0 Å². The maximum Gasteiger partial charge on any atom is 0.156 e. The summed E-state index contributed by atoms with van der Waals surface area (Å²) in [4.78, 5) is 13.4. The molecule has 2 nitrogen and oxygen atoms in total. The third kappa shape index (κ3) is 2.45. The van der Waals surface area contributed by atoms with E-state index < -0.39 is 0 Å². The van der Waals surface area contributed by atoms with Gasteiger partial charge in [-0.15, -0.1) is 0 Å². The third-order valence-corrected chi connectivity index (χ3v) is 2.22. The first kappa shape index (κ1) is 9.46. The van der Waals surface area contributed by atoms with E-state index in [0.29, 0.717) is 0 Å². The average Bonchev–Trinajstić information content (AvgIpc) is 2.05. The molecule has 0 saturated carbocycles. The van der Waals surface area contributed by atoms with E-state index in [-0.39, 0.29) is 5.78 Å². The lowest BCUT2D eigenvalue weighted by Gasteiger charge is -2.25. The number of carbonyl (C=O) groups excluding carboxylic acids is 1. The van der Waals surface area contributed by atoms with Crippen LogP contribution in [0.25, 0.3) is 0 Å². The summed E-state index contributed by atoms with van der Waals surface area (Å²) < 4.78 is 0. The number of rotatable bonds is 3. The molecular formula is C10H17NO. The zero-order chi connectivity index (χ0) is 8.97. The highest BCUT2D eigenvalue weighted by atomic mass is 16.1. The Morgan fingerprint density at radius 1 is 1.67 bits per heavy atom. The first-order valence-electron chi connectivity index (χ1n) is 4.66. The molecular weight excluding hydrogens is 150 g/mol. The molecule has 0 bridgehead atoms. The summed E-state index contributed by atoms with van der Waals surface area (Å²) in [5, 5.41) is 0. The fourth-order valence-electron chi connectivity index (χ4n) is 1.57. The fourth-order valence-corrected chi connectivity index (χ4v) is 1.57. The molecule has 0 amide bonds. The second-order valence-corrected chi connectivity index (χ2v) is 3.35. The molecule has 1 heterocycles. The lowest BCUT2D eigenvalue weighted by Crippen LogP contribution is -2.32. The number of nitrogens with zero attached hydrogens (tertiary/aromatic N) is 1. The normalized spacial score (nSPS) is 19.0. The van der Waals surface area contributed by atoms with Crippen LogP contribution in [-0.2, 0) is 4.79 Å². The van der Waals surface area contributed by atoms with Gasteiger partial charge in [-0.05, 0) is 26.3 Å². The van der Waals surface area contributed by atoms with Gasteiger partial charge in [-0.1, -0.05) is 13.0 Å². The molecule has 0 saturated heterocycles. The number of carbonyl (C=O) groups is 1. The molecule has 0 N–H and O–H groups in total. The summed E-state index contributed by atoms with van der Waals surface area (Å²) in [5.41, 5.74) is 0.995. The van der Waals surface area contributed by atoms with Crippen molar-refractivity contribution in [1.82, 2.24) is 4.90 Å². The maximum absolute atomic E-state index is 11.1. The van der Waals surface area contributed by atoms with Gasteiger partial charge in [-0.3, -0.25) is 9.69 Å². The first-order chi connectivity index (χ1) is 5.74. The molecule has 1 aliphatic rings. The van der Waals surface area contributed by atoms with E-state index in [1.165, 1.54) is 6.42 Å². The van der Waals surface area contributed by atoms with E-state index in [4.69, 9.17) is 0 Å². The molecule has 0 fully saturated rings. The Morgan fingerprint density at radius 3 is 3.00 bits per heavy atom. The monoisotopic (exact) mass is 167 g/mol. The molecule has 0 radical (unpaired) electrons. The largest absolute Gasteiger partial charge is 0.299 e. The van der Waals surface area contributed by atoms with Crippen molar-refractivity contribution in [1.29, 1.82) is 0 Å². The topological polar surface area (TPSA) is 20.3 Å². The van der Waals surface area contributed by atoms with E-state index in [2.05, 4.69) is 17.9 Å². The Bertz CT molecular complexity index is 196. The quantitative estimate of drug-likeness (QED) is 0.636. The van der Waals surface area contributed by atoms with Crippen LogP contribution in [0.1, 0.15) is 26.7 Å². The van der Waals surface area contributed by atoms with Crippen LogP contribution in [0, 0.1) is 0 Å². The maximum atomic E-state index is 11.1. The summed E-state index contributed by atoms with van der Waals surface area (Å²) >= 11 is 0. The van der Waals surface area contributed by atoms with Gasteiger partial charge in [0, 0.05) is 18.7 Å². The zero-order valence-corrected chi connectivity index (χ0v) is 7.97. The van der Waals surface area contributed by atoms with Crippen LogP contribution < -0.4 is 0 Å².